The normalized spacial score (nSPS) is 10.7. The Balaban J connectivity index is 1.98. The summed E-state index contributed by atoms with van der Waals surface area (Å²) in [5, 5.41) is 14.9. The first-order valence-corrected chi connectivity index (χ1v) is 7.12. The minimum absolute atomic E-state index is 0.115. The third kappa shape index (κ3) is 4.83. The molecule has 4 nitrogen and oxygen atoms in total. The molecule has 0 aliphatic rings. The van der Waals surface area contributed by atoms with E-state index in [-0.39, 0.29) is 17.9 Å². The van der Waals surface area contributed by atoms with Crippen LogP contribution in [0.5, 0.6) is 0 Å². The van der Waals surface area contributed by atoms with E-state index in [1.54, 1.807) is 48.5 Å². The summed E-state index contributed by atoms with van der Waals surface area (Å²) in [7, 11) is 0. The predicted molar refractivity (Wildman–Crippen MR) is 87.0 cm³/mol. The zero-order chi connectivity index (χ0) is 16.7. The van der Waals surface area contributed by atoms with Gasteiger partial charge in [-0.25, -0.2) is 4.39 Å². The fourth-order valence-corrected chi connectivity index (χ4v) is 1.91. The molecule has 0 unspecified atom stereocenters. The molecule has 0 fully saturated rings. The number of benzene rings is 2. The first kappa shape index (κ1) is 16.5. The van der Waals surface area contributed by atoms with Crippen LogP contribution in [0.1, 0.15) is 5.56 Å². The number of hydrogen-bond donors (Lipinski definition) is 2. The van der Waals surface area contributed by atoms with Gasteiger partial charge in [-0.15, -0.1) is 0 Å². The van der Waals surface area contributed by atoms with Gasteiger partial charge in [0.25, 0.3) is 5.91 Å². The van der Waals surface area contributed by atoms with Crippen LogP contribution in [0.15, 0.2) is 60.3 Å². The molecule has 0 radical (unpaired) electrons. The zero-order valence-corrected chi connectivity index (χ0v) is 12.8. The van der Waals surface area contributed by atoms with Crippen LogP contribution in [0.4, 0.5) is 10.1 Å². The summed E-state index contributed by atoms with van der Waals surface area (Å²) in [6, 6.07) is 14.6. The third-order valence-corrected chi connectivity index (χ3v) is 3.22. The zero-order valence-electron chi connectivity index (χ0n) is 12.0. The monoisotopic (exact) mass is 329 g/mol. The first-order chi connectivity index (χ1) is 11.1. The number of nitrogens with one attached hydrogen (secondary N) is 2. The summed E-state index contributed by atoms with van der Waals surface area (Å²) in [5.41, 5.74) is 0.852. The average Bonchev–Trinajstić information content (AvgIpc) is 2.55. The lowest BCUT2D eigenvalue weighted by Gasteiger charge is -2.06. The van der Waals surface area contributed by atoms with Crippen LogP contribution in [0, 0.1) is 17.1 Å². The van der Waals surface area contributed by atoms with E-state index in [0.717, 1.165) is 0 Å². The number of nitrogens with zero attached hydrogens (tertiary/aromatic N) is 1. The molecule has 0 atom stereocenters. The van der Waals surface area contributed by atoms with Gasteiger partial charge in [0.05, 0.1) is 0 Å². The maximum Gasteiger partial charge on any atom is 0.267 e. The Labute approximate surface area is 138 Å². The molecular formula is C17H13ClFN3O. The molecule has 0 spiro atoms. The van der Waals surface area contributed by atoms with Crippen molar-refractivity contribution in [1.29, 1.82) is 5.26 Å². The van der Waals surface area contributed by atoms with Gasteiger partial charge in [0.15, 0.2) is 0 Å². The predicted octanol–water partition coefficient (Wildman–Crippen LogP) is 3.61. The Morgan fingerprint density at radius 3 is 2.57 bits per heavy atom. The van der Waals surface area contributed by atoms with Crippen molar-refractivity contribution < 1.29 is 9.18 Å². The SMILES string of the molecule is N#C/C(=C/NCc1ccccc1F)C(=O)Nc1ccc(Cl)cc1. The van der Waals surface area contributed by atoms with Crippen molar-refractivity contribution in [2.45, 2.75) is 6.54 Å². The fourth-order valence-electron chi connectivity index (χ4n) is 1.79. The van der Waals surface area contributed by atoms with Crippen LogP contribution >= 0.6 is 11.6 Å². The Morgan fingerprint density at radius 2 is 1.91 bits per heavy atom. The highest BCUT2D eigenvalue weighted by Gasteiger charge is 2.09. The highest BCUT2D eigenvalue weighted by molar-refractivity contribution is 6.30. The van der Waals surface area contributed by atoms with Gasteiger partial charge < -0.3 is 10.6 Å². The van der Waals surface area contributed by atoms with Crippen LogP contribution in [0.25, 0.3) is 0 Å². The molecule has 2 aromatic carbocycles. The smallest absolute Gasteiger partial charge is 0.267 e. The molecule has 2 N–H and O–H groups in total. The summed E-state index contributed by atoms with van der Waals surface area (Å²) >= 11 is 5.76. The minimum Gasteiger partial charge on any atom is -0.385 e. The van der Waals surface area contributed by atoms with E-state index in [0.29, 0.717) is 16.3 Å². The lowest BCUT2D eigenvalue weighted by Crippen LogP contribution is -2.16. The lowest BCUT2D eigenvalue weighted by molar-refractivity contribution is -0.112. The second-order valence-corrected chi connectivity index (χ2v) is 5.04. The third-order valence-electron chi connectivity index (χ3n) is 2.96. The van der Waals surface area contributed by atoms with Gasteiger partial charge in [0.2, 0.25) is 0 Å². The molecule has 0 aliphatic heterocycles. The fraction of sp³-hybridized carbons (Fsp3) is 0.0588. The number of carbonyl (C=O) groups excluding carboxylic acids is 1. The van der Waals surface area contributed by atoms with Crippen molar-refractivity contribution in [3.05, 3.63) is 76.7 Å². The quantitative estimate of drug-likeness (QED) is 0.650. The number of nitriles is 1. The Hall–Kier alpha value is -2.84. The lowest BCUT2D eigenvalue weighted by atomic mass is 10.2. The van der Waals surface area contributed by atoms with Gasteiger partial charge in [0.1, 0.15) is 17.5 Å². The summed E-state index contributed by atoms with van der Waals surface area (Å²) < 4.78 is 13.5. The molecule has 1 amide bonds. The van der Waals surface area contributed by atoms with Crippen LogP contribution in [-0.4, -0.2) is 5.91 Å². The maximum absolute atomic E-state index is 13.5. The van der Waals surface area contributed by atoms with E-state index in [1.165, 1.54) is 12.3 Å². The van der Waals surface area contributed by atoms with Crippen LogP contribution in [0.2, 0.25) is 5.02 Å². The second-order valence-electron chi connectivity index (χ2n) is 4.60. The summed E-state index contributed by atoms with van der Waals surface area (Å²) in [6.07, 6.45) is 1.26. The highest BCUT2D eigenvalue weighted by atomic mass is 35.5. The topological polar surface area (TPSA) is 64.9 Å². The van der Waals surface area contributed by atoms with E-state index in [2.05, 4.69) is 10.6 Å². The standard InChI is InChI=1S/C17H13ClFN3O/c18-14-5-7-15(8-6-14)22-17(23)13(9-20)11-21-10-12-3-1-2-4-16(12)19/h1-8,11,21H,10H2,(H,22,23)/b13-11-. The molecule has 0 saturated carbocycles. The molecule has 0 aromatic heterocycles. The van der Waals surface area contributed by atoms with E-state index in [4.69, 9.17) is 16.9 Å². The molecular weight excluding hydrogens is 317 g/mol. The van der Waals surface area contributed by atoms with Gasteiger partial charge in [-0.3, -0.25) is 4.79 Å². The van der Waals surface area contributed by atoms with E-state index < -0.39 is 5.91 Å². The van der Waals surface area contributed by atoms with Gasteiger partial charge in [-0.05, 0) is 30.3 Å². The van der Waals surface area contributed by atoms with Gasteiger partial charge in [-0.2, -0.15) is 5.26 Å². The summed E-state index contributed by atoms with van der Waals surface area (Å²) in [4.78, 5) is 12.0. The molecule has 2 rings (SSSR count). The van der Waals surface area contributed by atoms with E-state index in [9.17, 15) is 9.18 Å². The molecule has 23 heavy (non-hydrogen) atoms. The van der Waals surface area contributed by atoms with Gasteiger partial charge in [0, 0.05) is 29.0 Å². The number of amides is 1. The summed E-state index contributed by atoms with van der Waals surface area (Å²) in [6.45, 7) is 0.173. The Bertz CT molecular complexity index is 766. The van der Waals surface area contributed by atoms with Crippen molar-refractivity contribution in [2.75, 3.05) is 5.32 Å². The van der Waals surface area contributed by atoms with Crippen LogP contribution in [-0.2, 0) is 11.3 Å². The number of rotatable bonds is 5. The van der Waals surface area contributed by atoms with Gasteiger partial charge in [-0.1, -0.05) is 29.8 Å². The van der Waals surface area contributed by atoms with Crippen LogP contribution in [0.3, 0.4) is 0 Å². The minimum atomic E-state index is -0.559. The Kier molecular flexibility index (Phi) is 5.73. The number of halogens is 2. The molecule has 0 aliphatic carbocycles. The molecule has 0 bridgehead atoms. The summed E-state index contributed by atoms with van der Waals surface area (Å²) in [5.74, 6) is -0.909. The van der Waals surface area contributed by atoms with E-state index >= 15 is 0 Å². The largest absolute Gasteiger partial charge is 0.385 e. The number of anilines is 1. The second kappa shape index (κ2) is 7.97. The highest BCUT2D eigenvalue weighted by Crippen LogP contribution is 2.14. The molecule has 0 heterocycles. The molecule has 6 heteroatoms. The van der Waals surface area contributed by atoms with Crippen molar-refractivity contribution in [1.82, 2.24) is 5.32 Å². The molecule has 2 aromatic rings. The van der Waals surface area contributed by atoms with Crippen molar-refractivity contribution in [3.8, 4) is 6.07 Å². The first-order valence-electron chi connectivity index (χ1n) is 6.74. The van der Waals surface area contributed by atoms with Crippen LogP contribution < -0.4 is 10.6 Å². The number of hydrogen-bond acceptors (Lipinski definition) is 3. The number of carbonyl (C=O) groups is 1. The maximum atomic E-state index is 13.5. The van der Waals surface area contributed by atoms with Crippen molar-refractivity contribution >= 4 is 23.2 Å². The Morgan fingerprint density at radius 1 is 1.22 bits per heavy atom. The molecule has 116 valence electrons. The van der Waals surface area contributed by atoms with Crippen molar-refractivity contribution in [3.63, 3.8) is 0 Å². The van der Waals surface area contributed by atoms with Crippen molar-refractivity contribution in [2.24, 2.45) is 0 Å². The van der Waals surface area contributed by atoms with Gasteiger partial charge >= 0.3 is 0 Å². The van der Waals surface area contributed by atoms with E-state index in [1.807, 2.05) is 0 Å². The molecule has 0 saturated heterocycles. The average molecular weight is 330 g/mol.